The van der Waals surface area contributed by atoms with Crippen LogP contribution in [0.5, 0.6) is 0 Å². The molecule has 0 saturated carbocycles. The summed E-state index contributed by atoms with van der Waals surface area (Å²) in [4.78, 5) is 9.62. The van der Waals surface area contributed by atoms with E-state index >= 15 is 0 Å². The van der Waals surface area contributed by atoms with Gasteiger partial charge >= 0.3 is 0 Å². The summed E-state index contributed by atoms with van der Waals surface area (Å²) >= 11 is 11.0. The van der Waals surface area contributed by atoms with Gasteiger partial charge in [0.05, 0.1) is 0 Å². The molecule has 0 saturated heterocycles. The second-order valence-electron chi connectivity index (χ2n) is 3.44. The van der Waals surface area contributed by atoms with E-state index in [-0.39, 0.29) is 27.1 Å². The molecule has 7 heteroatoms. The monoisotopic (exact) mass is 299 g/mol. The number of nitrogens with zero attached hydrogens (tertiary/aromatic N) is 2. The van der Waals surface area contributed by atoms with Crippen LogP contribution in [0.25, 0.3) is 0 Å². The van der Waals surface area contributed by atoms with E-state index in [9.17, 15) is 0 Å². The van der Waals surface area contributed by atoms with Crippen LogP contribution in [-0.2, 0) is 9.68 Å². The Morgan fingerprint density at radius 1 is 1.11 bits per heavy atom. The van der Waals surface area contributed by atoms with Crippen LogP contribution >= 0.6 is 23.2 Å². The van der Waals surface area contributed by atoms with E-state index in [2.05, 4.69) is 17.2 Å². The largest absolute Gasteiger partial charge is 0.391 e. The molecule has 2 unspecified atom stereocenters. The zero-order chi connectivity index (χ0) is 12.0. The summed E-state index contributed by atoms with van der Waals surface area (Å²) in [5.41, 5.74) is 5.24. The van der Waals surface area contributed by atoms with Crippen molar-refractivity contribution in [3.05, 3.63) is 0 Å². The van der Waals surface area contributed by atoms with Gasteiger partial charge in [-0.1, -0.05) is 55.3 Å². The van der Waals surface area contributed by atoms with Crippen LogP contribution in [0.1, 0.15) is 41.0 Å². The van der Waals surface area contributed by atoms with Crippen molar-refractivity contribution in [3.8, 4) is 0 Å². The standard InChI is InChI=1S/C5H8ClNO.C4H7ClN2O.2CH4/c1-2-4-3-5(6)7-8-4;5-4-1-3(2-6)8-7-4;;/h4H,2-3H2,1H3;3H,1-2,6H2;2*1H4. The van der Waals surface area contributed by atoms with Gasteiger partial charge in [0.15, 0.2) is 0 Å². The zero-order valence-corrected chi connectivity index (χ0v) is 10.5. The maximum Gasteiger partial charge on any atom is 0.149 e. The Morgan fingerprint density at radius 3 is 1.72 bits per heavy atom. The lowest BCUT2D eigenvalue weighted by molar-refractivity contribution is 0.0829. The highest BCUT2D eigenvalue weighted by Crippen LogP contribution is 2.14. The van der Waals surface area contributed by atoms with Gasteiger partial charge in [0.1, 0.15) is 22.5 Å². The van der Waals surface area contributed by atoms with Crippen molar-refractivity contribution in [1.82, 2.24) is 0 Å². The van der Waals surface area contributed by atoms with Crippen LogP contribution in [0.4, 0.5) is 0 Å². The molecule has 108 valence electrons. The van der Waals surface area contributed by atoms with Gasteiger partial charge < -0.3 is 15.4 Å². The second kappa shape index (κ2) is 10.4. The quantitative estimate of drug-likeness (QED) is 0.850. The predicted octanol–water partition coefficient (Wildman–Crippen LogP) is 3.30. The first-order valence-electron chi connectivity index (χ1n) is 5.12. The van der Waals surface area contributed by atoms with Gasteiger partial charge in [-0.15, -0.1) is 0 Å². The minimum Gasteiger partial charge on any atom is -0.391 e. The van der Waals surface area contributed by atoms with Crippen molar-refractivity contribution in [2.75, 3.05) is 6.54 Å². The fourth-order valence-electron chi connectivity index (χ4n) is 1.13. The first-order valence-corrected chi connectivity index (χ1v) is 5.87. The molecule has 0 aromatic heterocycles. The number of hydrogen-bond donors (Lipinski definition) is 1. The summed E-state index contributed by atoms with van der Waals surface area (Å²) in [6.45, 7) is 2.54. The number of halogens is 2. The zero-order valence-electron chi connectivity index (χ0n) is 9.03. The molecule has 0 aromatic rings. The Bertz CT molecular complexity index is 257. The van der Waals surface area contributed by atoms with Gasteiger partial charge in [0.25, 0.3) is 0 Å². The van der Waals surface area contributed by atoms with E-state index in [4.69, 9.17) is 38.6 Å². The summed E-state index contributed by atoms with van der Waals surface area (Å²) in [5, 5.41) is 8.17. The Hall–Kier alpha value is -0.520. The third kappa shape index (κ3) is 7.03. The van der Waals surface area contributed by atoms with Gasteiger partial charge in [-0.05, 0) is 6.42 Å². The molecule has 2 heterocycles. The lowest BCUT2D eigenvalue weighted by atomic mass is 10.2. The smallest absolute Gasteiger partial charge is 0.149 e. The molecule has 0 aliphatic carbocycles. The molecule has 0 fully saturated rings. The lowest BCUT2D eigenvalue weighted by Gasteiger charge is -1.99. The summed E-state index contributed by atoms with van der Waals surface area (Å²) in [6.07, 6.45) is 2.69. The molecule has 0 radical (unpaired) electrons. The lowest BCUT2D eigenvalue weighted by Crippen LogP contribution is -2.19. The highest BCUT2D eigenvalue weighted by Gasteiger charge is 2.17. The number of hydrogen-bond acceptors (Lipinski definition) is 5. The van der Waals surface area contributed by atoms with Crippen molar-refractivity contribution in [2.45, 2.75) is 53.2 Å². The van der Waals surface area contributed by atoms with Crippen LogP contribution in [0.15, 0.2) is 10.3 Å². The van der Waals surface area contributed by atoms with Crippen LogP contribution in [0.3, 0.4) is 0 Å². The number of rotatable bonds is 2. The van der Waals surface area contributed by atoms with Gasteiger partial charge in [-0.3, -0.25) is 0 Å². The topological polar surface area (TPSA) is 69.2 Å². The Kier molecular flexibility index (Phi) is 11.5. The fourth-order valence-corrected chi connectivity index (χ4v) is 1.56. The minimum absolute atomic E-state index is 0. The minimum atomic E-state index is 0. The average Bonchev–Trinajstić information content (AvgIpc) is 2.88. The normalized spacial score (nSPS) is 24.2. The molecule has 0 spiro atoms. The van der Waals surface area contributed by atoms with Gasteiger partial charge in [0, 0.05) is 19.4 Å². The molecule has 2 N–H and O–H groups in total. The highest BCUT2D eigenvalue weighted by atomic mass is 35.5. The van der Waals surface area contributed by atoms with Crippen molar-refractivity contribution in [3.63, 3.8) is 0 Å². The first-order chi connectivity index (χ1) is 7.65. The van der Waals surface area contributed by atoms with E-state index in [0.717, 1.165) is 12.8 Å². The van der Waals surface area contributed by atoms with Crippen LogP contribution in [0.2, 0.25) is 0 Å². The molecular formula is C11H23Cl2N3O2. The summed E-state index contributed by atoms with van der Waals surface area (Å²) in [6, 6.07) is 0. The van der Waals surface area contributed by atoms with Crippen LogP contribution in [0, 0.1) is 0 Å². The SMILES string of the molecule is C.C.CCC1CC(Cl)=NO1.NCC1CC(Cl)=NO1. The molecule has 0 aromatic carbocycles. The Balaban J connectivity index is 0. The third-order valence-electron chi connectivity index (χ3n) is 2.11. The van der Waals surface area contributed by atoms with Gasteiger partial charge in [0.2, 0.25) is 0 Å². The van der Waals surface area contributed by atoms with Crippen molar-refractivity contribution < 1.29 is 9.68 Å². The molecule has 2 aliphatic rings. The van der Waals surface area contributed by atoms with E-state index in [1.165, 1.54) is 0 Å². The average molecular weight is 300 g/mol. The second-order valence-corrected chi connectivity index (χ2v) is 4.31. The van der Waals surface area contributed by atoms with E-state index in [0.29, 0.717) is 23.3 Å². The molecule has 2 rings (SSSR count). The molecular weight excluding hydrogens is 277 g/mol. The molecule has 2 aliphatic heterocycles. The summed E-state index contributed by atoms with van der Waals surface area (Å²) in [5.74, 6) is 0. The number of nitrogens with two attached hydrogens (primary N) is 1. The fraction of sp³-hybridized carbons (Fsp3) is 0.818. The maximum absolute atomic E-state index is 5.51. The van der Waals surface area contributed by atoms with E-state index in [1.807, 2.05) is 0 Å². The Morgan fingerprint density at radius 2 is 1.56 bits per heavy atom. The summed E-state index contributed by atoms with van der Waals surface area (Å²) in [7, 11) is 0. The van der Waals surface area contributed by atoms with Crippen LogP contribution < -0.4 is 5.73 Å². The van der Waals surface area contributed by atoms with Crippen LogP contribution in [-0.4, -0.2) is 29.1 Å². The third-order valence-corrected chi connectivity index (χ3v) is 2.56. The first kappa shape index (κ1) is 19.8. The predicted molar refractivity (Wildman–Crippen MR) is 78.4 cm³/mol. The van der Waals surface area contributed by atoms with Gasteiger partial charge in [-0.25, -0.2) is 0 Å². The maximum atomic E-state index is 5.51. The van der Waals surface area contributed by atoms with Gasteiger partial charge in [-0.2, -0.15) is 0 Å². The molecule has 0 bridgehead atoms. The van der Waals surface area contributed by atoms with E-state index in [1.54, 1.807) is 0 Å². The molecule has 18 heavy (non-hydrogen) atoms. The van der Waals surface area contributed by atoms with E-state index < -0.39 is 0 Å². The summed E-state index contributed by atoms with van der Waals surface area (Å²) < 4.78 is 0. The van der Waals surface area contributed by atoms with Crippen molar-refractivity contribution in [2.24, 2.45) is 16.0 Å². The highest BCUT2D eigenvalue weighted by molar-refractivity contribution is 6.65. The Labute approximate surface area is 119 Å². The molecule has 0 amide bonds. The molecule has 5 nitrogen and oxygen atoms in total. The number of oxime groups is 2. The van der Waals surface area contributed by atoms with Crippen molar-refractivity contribution >= 4 is 33.5 Å². The van der Waals surface area contributed by atoms with Crippen molar-refractivity contribution in [1.29, 1.82) is 0 Å². The molecule has 2 atom stereocenters.